The highest BCUT2D eigenvalue weighted by Crippen LogP contribution is 2.11. The van der Waals surface area contributed by atoms with Gasteiger partial charge in [-0.25, -0.2) is 0 Å². The van der Waals surface area contributed by atoms with E-state index in [0.717, 1.165) is 6.04 Å². The average Bonchev–Trinajstić information content (AvgIpc) is 2.30. The van der Waals surface area contributed by atoms with Crippen LogP contribution < -0.4 is 0 Å². The molecular formula is C11H18O3Si. The van der Waals surface area contributed by atoms with Crippen molar-refractivity contribution in [1.82, 2.24) is 0 Å². The van der Waals surface area contributed by atoms with Crippen molar-refractivity contribution in [1.29, 1.82) is 0 Å². The summed E-state index contributed by atoms with van der Waals surface area (Å²) in [7, 11) is 2.50. The van der Waals surface area contributed by atoms with Crippen LogP contribution in [0.3, 0.4) is 0 Å². The van der Waals surface area contributed by atoms with Crippen molar-refractivity contribution in [2.24, 2.45) is 0 Å². The van der Waals surface area contributed by atoms with Crippen LogP contribution in [0.2, 0.25) is 0 Å². The van der Waals surface area contributed by atoms with Crippen LogP contribution in [0.15, 0.2) is 30.3 Å². The van der Waals surface area contributed by atoms with Crippen molar-refractivity contribution in [3.8, 4) is 0 Å². The molecule has 1 rings (SSSR count). The Balaban J connectivity index is 2.33. The summed E-state index contributed by atoms with van der Waals surface area (Å²) < 4.78 is 15.9. The van der Waals surface area contributed by atoms with Gasteiger partial charge >= 0.3 is 0 Å². The lowest BCUT2D eigenvalue weighted by Crippen LogP contribution is -2.35. The van der Waals surface area contributed by atoms with Crippen LogP contribution in [0.5, 0.6) is 0 Å². The molecule has 0 aliphatic heterocycles. The molecule has 84 valence electrons. The molecule has 1 aromatic rings. The predicted molar refractivity (Wildman–Crippen MR) is 62.2 cm³/mol. The minimum Gasteiger partial charge on any atom is -0.376 e. The van der Waals surface area contributed by atoms with Crippen LogP contribution >= 0.6 is 0 Å². The summed E-state index contributed by atoms with van der Waals surface area (Å²) >= 11 is 0. The molecule has 0 bridgehead atoms. The lowest BCUT2D eigenvalue weighted by atomic mass is 10.2. The van der Waals surface area contributed by atoms with Crippen molar-refractivity contribution >= 4 is 9.76 Å². The molecule has 0 saturated heterocycles. The van der Waals surface area contributed by atoms with Crippen molar-refractivity contribution < 1.29 is 13.9 Å². The second-order valence-electron chi connectivity index (χ2n) is 3.35. The van der Waals surface area contributed by atoms with E-state index in [2.05, 4.69) is 12.1 Å². The maximum atomic E-state index is 5.63. The third-order valence-corrected chi connectivity index (χ3v) is 3.85. The summed E-state index contributed by atoms with van der Waals surface area (Å²) in [5, 5.41) is 0. The molecule has 0 N–H and O–H groups in total. The number of hydrogen-bond donors (Lipinski definition) is 0. The van der Waals surface area contributed by atoms with E-state index < -0.39 is 15.7 Å². The van der Waals surface area contributed by atoms with E-state index in [4.69, 9.17) is 13.9 Å². The topological polar surface area (TPSA) is 27.7 Å². The van der Waals surface area contributed by atoms with Gasteiger partial charge in [-0.3, -0.25) is 0 Å². The Morgan fingerprint density at radius 3 is 2.27 bits per heavy atom. The van der Waals surface area contributed by atoms with Crippen molar-refractivity contribution in [2.45, 2.75) is 18.9 Å². The first-order chi connectivity index (χ1) is 7.20. The van der Waals surface area contributed by atoms with Gasteiger partial charge in [0.1, 0.15) is 0 Å². The van der Waals surface area contributed by atoms with Gasteiger partial charge in [-0.1, -0.05) is 30.3 Å². The summed E-state index contributed by atoms with van der Waals surface area (Å²) in [4.78, 5) is 0. The summed E-state index contributed by atoms with van der Waals surface area (Å²) in [5.41, 5.74) is 1.30. The van der Waals surface area contributed by atoms with E-state index in [0.29, 0.717) is 0 Å². The zero-order valence-electron chi connectivity index (χ0n) is 9.53. The van der Waals surface area contributed by atoms with Crippen LogP contribution in [-0.2, 0) is 19.9 Å². The largest absolute Gasteiger partial charge is 0.376 e. The third-order valence-electron chi connectivity index (χ3n) is 2.34. The molecule has 0 aliphatic carbocycles. The predicted octanol–water partition coefficient (Wildman–Crippen LogP) is 1.25. The number of benzene rings is 1. The van der Waals surface area contributed by atoms with E-state index in [1.807, 2.05) is 18.2 Å². The van der Waals surface area contributed by atoms with E-state index >= 15 is 0 Å². The molecule has 3 nitrogen and oxygen atoms in total. The van der Waals surface area contributed by atoms with Gasteiger partial charge in [0.2, 0.25) is 0 Å². The lowest BCUT2D eigenvalue weighted by molar-refractivity contribution is -0.310. The number of methoxy groups -OCH3 is 2. The van der Waals surface area contributed by atoms with Gasteiger partial charge in [-0.15, -0.1) is 0 Å². The zero-order chi connectivity index (χ0) is 11.1. The van der Waals surface area contributed by atoms with Crippen molar-refractivity contribution in [3.63, 3.8) is 0 Å². The first-order valence-corrected chi connectivity index (χ1v) is 6.56. The molecule has 0 saturated carbocycles. The second-order valence-corrected chi connectivity index (χ2v) is 4.55. The monoisotopic (exact) mass is 226 g/mol. The Bertz CT molecular complexity index is 272. The first kappa shape index (κ1) is 12.4. The Hall–Kier alpha value is -0.683. The Morgan fingerprint density at radius 2 is 1.73 bits per heavy atom. The van der Waals surface area contributed by atoms with E-state index in [1.54, 1.807) is 21.1 Å². The summed E-state index contributed by atoms with van der Waals surface area (Å²) in [6.45, 7) is 1.78. The fourth-order valence-electron chi connectivity index (χ4n) is 1.20. The SMILES string of the molecule is COC(C)(OC)O[SiH2]Cc1ccccc1. The highest BCUT2D eigenvalue weighted by Gasteiger charge is 2.22. The molecule has 0 aliphatic rings. The van der Waals surface area contributed by atoms with E-state index in [9.17, 15) is 0 Å². The van der Waals surface area contributed by atoms with Crippen LogP contribution in [0.1, 0.15) is 12.5 Å². The van der Waals surface area contributed by atoms with Gasteiger partial charge in [-0.2, -0.15) is 0 Å². The van der Waals surface area contributed by atoms with Gasteiger partial charge in [0.25, 0.3) is 5.97 Å². The molecule has 4 heteroatoms. The first-order valence-electron chi connectivity index (χ1n) is 4.98. The summed E-state index contributed by atoms with van der Waals surface area (Å²) in [6.07, 6.45) is 0. The van der Waals surface area contributed by atoms with Gasteiger partial charge in [0.05, 0.1) is 0 Å². The Kier molecular flexibility index (Phi) is 4.97. The van der Waals surface area contributed by atoms with Gasteiger partial charge in [0.15, 0.2) is 9.76 Å². The Morgan fingerprint density at radius 1 is 1.13 bits per heavy atom. The van der Waals surface area contributed by atoms with E-state index in [1.165, 1.54) is 5.56 Å². The normalized spacial score (nSPS) is 12.5. The van der Waals surface area contributed by atoms with Crippen LogP contribution in [-0.4, -0.2) is 30.0 Å². The number of rotatable bonds is 6. The minimum atomic E-state index is -0.874. The highest BCUT2D eigenvalue weighted by atomic mass is 28.2. The maximum Gasteiger partial charge on any atom is 0.269 e. The summed E-state index contributed by atoms with van der Waals surface area (Å²) in [6, 6.07) is 11.3. The average molecular weight is 226 g/mol. The van der Waals surface area contributed by atoms with Crippen molar-refractivity contribution in [3.05, 3.63) is 35.9 Å². The molecule has 0 aromatic heterocycles. The Labute approximate surface area is 93.3 Å². The quantitative estimate of drug-likeness (QED) is 0.540. The number of hydrogen-bond acceptors (Lipinski definition) is 3. The lowest BCUT2D eigenvalue weighted by Gasteiger charge is -2.26. The highest BCUT2D eigenvalue weighted by molar-refractivity contribution is 6.26. The molecule has 0 fully saturated rings. The molecule has 15 heavy (non-hydrogen) atoms. The maximum absolute atomic E-state index is 5.63. The molecular weight excluding hydrogens is 208 g/mol. The molecule has 0 heterocycles. The molecule has 0 spiro atoms. The van der Waals surface area contributed by atoms with Crippen molar-refractivity contribution in [2.75, 3.05) is 14.2 Å². The molecule has 0 radical (unpaired) electrons. The zero-order valence-corrected chi connectivity index (χ0v) is 10.9. The second kappa shape index (κ2) is 6.02. The van der Waals surface area contributed by atoms with Gasteiger partial charge < -0.3 is 13.9 Å². The molecule has 0 amide bonds. The van der Waals surface area contributed by atoms with Crippen LogP contribution in [0.25, 0.3) is 0 Å². The smallest absolute Gasteiger partial charge is 0.269 e. The van der Waals surface area contributed by atoms with Gasteiger partial charge in [0, 0.05) is 21.1 Å². The van der Waals surface area contributed by atoms with Crippen LogP contribution in [0, 0.1) is 0 Å². The van der Waals surface area contributed by atoms with Crippen LogP contribution in [0.4, 0.5) is 0 Å². The van der Waals surface area contributed by atoms with Gasteiger partial charge in [-0.05, 0) is 11.6 Å². The number of ether oxygens (including phenoxy) is 2. The fourth-order valence-corrected chi connectivity index (χ4v) is 2.48. The fraction of sp³-hybridized carbons (Fsp3) is 0.455. The summed E-state index contributed by atoms with van der Waals surface area (Å²) in [5.74, 6) is -0.874. The molecule has 0 atom stereocenters. The third kappa shape index (κ3) is 4.13. The molecule has 0 unspecified atom stereocenters. The van der Waals surface area contributed by atoms with E-state index in [-0.39, 0.29) is 0 Å². The standard InChI is InChI=1S/C11H18O3Si/c1-11(12-2,13-3)14-15-9-10-7-5-4-6-8-10/h4-8H,9,15H2,1-3H3. The minimum absolute atomic E-state index is 0.663. The molecule has 1 aromatic carbocycles.